The summed E-state index contributed by atoms with van der Waals surface area (Å²) < 4.78 is 6.14. The number of carbonyl (C=O) groups excluding carboxylic acids is 1. The number of carbonyl (C=O) groups is 2. The number of rotatable bonds is 4. The normalized spacial score (nSPS) is 12.2. The smallest absolute Gasteiger partial charge is 0.411 e. The summed E-state index contributed by atoms with van der Waals surface area (Å²) in [6.07, 6.45) is -0.681. The maximum absolute atomic E-state index is 12.5. The fourth-order valence-electron chi connectivity index (χ4n) is 3.81. The van der Waals surface area contributed by atoms with Crippen molar-refractivity contribution >= 4 is 33.7 Å². The van der Waals surface area contributed by atoms with Crippen molar-refractivity contribution in [1.82, 2.24) is 0 Å². The standard InChI is InChI=1S/C23H18BrNO4/c1-13-10-14(24)11-19(22(26)27)21(13)25-23(28)29-12-20-17-8-4-2-6-15(17)16-7-3-5-9-18(16)20/h2-11,20H,12H2,1H3,(H,25,28)(H,26,27). The molecule has 0 saturated heterocycles. The Balaban J connectivity index is 1.54. The second-order valence-electron chi connectivity index (χ2n) is 6.90. The number of hydrogen-bond donors (Lipinski definition) is 2. The lowest BCUT2D eigenvalue weighted by Crippen LogP contribution is -2.20. The molecule has 0 unspecified atom stereocenters. The predicted octanol–water partition coefficient (Wildman–Crippen LogP) is 5.82. The van der Waals surface area contributed by atoms with Gasteiger partial charge in [-0.05, 0) is 46.9 Å². The van der Waals surface area contributed by atoms with Crippen LogP contribution in [-0.2, 0) is 4.74 Å². The van der Waals surface area contributed by atoms with Gasteiger partial charge in [0.2, 0.25) is 0 Å². The third-order valence-electron chi connectivity index (χ3n) is 5.10. The van der Waals surface area contributed by atoms with Crippen LogP contribution in [0.3, 0.4) is 0 Å². The Morgan fingerprint density at radius 3 is 2.21 bits per heavy atom. The molecule has 6 heteroatoms. The van der Waals surface area contributed by atoms with Gasteiger partial charge in [0.05, 0.1) is 11.3 Å². The molecule has 1 aliphatic rings. The van der Waals surface area contributed by atoms with Crippen LogP contribution in [0.2, 0.25) is 0 Å². The molecular weight excluding hydrogens is 434 g/mol. The Bertz CT molecular complexity index is 1080. The minimum Gasteiger partial charge on any atom is -0.478 e. The highest BCUT2D eigenvalue weighted by Crippen LogP contribution is 2.44. The number of benzene rings is 3. The topological polar surface area (TPSA) is 75.6 Å². The van der Waals surface area contributed by atoms with Crippen molar-refractivity contribution in [2.75, 3.05) is 11.9 Å². The zero-order chi connectivity index (χ0) is 20.5. The molecule has 29 heavy (non-hydrogen) atoms. The highest BCUT2D eigenvalue weighted by molar-refractivity contribution is 9.10. The average Bonchev–Trinajstić information content (AvgIpc) is 3.02. The molecule has 0 fully saturated rings. The molecule has 3 aromatic carbocycles. The Morgan fingerprint density at radius 2 is 1.62 bits per heavy atom. The van der Waals surface area contributed by atoms with Gasteiger partial charge in [0.15, 0.2) is 0 Å². The summed E-state index contributed by atoms with van der Waals surface area (Å²) in [6.45, 7) is 1.90. The van der Waals surface area contributed by atoms with E-state index >= 15 is 0 Å². The van der Waals surface area contributed by atoms with E-state index in [1.54, 1.807) is 13.0 Å². The molecule has 1 amide bonds. The van der Waals surface area contributed by atoms with Crippen LogP contribution >= 0.6 is 15.9 Å². The number of carboxylic acid groups (broad SMARTS) is 1. The van der Waals surface area contributed by atoms with Gasteiger partial charge < -0.3 is 9.84 Å². The maximum atomic E-state index is 12.5. The fraction of sp³-hybridized carbons (Fsp3) is 0.130. The minimum absolute atomic E-state index is 0.00498. The van der Waals surface area contributed by atoms with Gasteiger partial charge in [-0.25, -0.2) is 9.59 Å². The average molecular weight is 452 g/mol. The summed E-state index contributed by atoms with van der Waals surface area (Å²) in [5.74, 6) is -1.18. The van der Waals surface area contributed by atoms with Crippen molar-refractivity contribution < 1.29 is 19.4 Å². The van der Waals surface area contributed by atoms with Crippen molar-refractivity contribution in [3.8, 4) is 11.1 Å². The molecule has 5 nitrogen and oxygen atoms in total. The zero-order valence-electron chi connectivity index (χ0n) is 15.6. The van der Waals surface area contributed by atoms with E-state index in [-0.39, 0.29) is 23.8 Å². The van der Waals surface area contributed by atoms with Crippen molar-refractivity contribution in [1.29, 1.82) is 0 Å². The van der Waals surface area contributed by atoms with Gasteiger partial charge in [0.1, 0.15) is 6.61 Å². The van der Waals surface area contributed by atoms with E-state index in [2.05, 4.69) is 33.4 Å². The summed E-state index contributed by atoms with van der Waals surface area (Å²) in [5, 5.41) is 12.0. The largest absolute Gasteiger partial charge is 0.478 e. The number of carboxylic acids is 1. The lowest BCUT2D eigenvalue weighted by Gasteiger charge is -2.16. The number of aromatic carboxylic acids is 1. The van der Waals surface area contributed by atoms with E-state index in [1.165, 1.54) is 6.07 Å². The minimum atomic E-state index is -1.12. The highest BCUT2D eigenvalue weighted by Gasteiger charge is 2.29. The molecule has 4 rings (SSSR count). The molecule has 0 radical (unpaired) electrons. The molecule has 1 aliphatic carbocycles. The number of amides is 1. The maximum Gasteiger partial charge on any atom is 0.411 e. The van der Waals surface area contributed by atoms with Crippen LogP contribution < -0.4 is 5.32 Å². The third-order valence-corrected chi connectivity index (χ3v) is 5.56. The summed E-state index contributed by atoms with van der Waals surface area (Å²) in [6, 6.07) is 19.4. The van der Waals surface area contributed by atoms with Gasteiger partial charge in [-0.2, -0.15) is 0 Å². The molecule has 2 N–H and O–H groups in total. The first-order valence-corrected chi connectivity index (χ1v) is 9.90. The van der Waals surface area contributed by atoms with Crippen LogP contribution in [0.5, 0.6) is 0 Å². The van der Waals surface area contributed by atoms with E-state index in [9.17, 15) is 14.7 Å². The predicted molar refractivity (Wildman–Crippen MR) is 115 cm³/mol. The van der Waals surface area contributed by atoms with Crippen LogP contribution in [0.15, 0.2) is 65.1 Å². The van der Waals surface area contributed by atoms with Crippen LogP contribution in [-0.4, -0.2) is 23.8 Å². The van der Waals surface area contributed by atoms with Gasteiger partial charge in [-0.3, -0.25) is 5.32 Å². The lowest BCUT2D eigenvalue weighted by atomic mass is 9.98. The van der Waals surface area contributed by atoms with Gasteiger partial charge in [0, 0.05) is 10.4 Å². The zero-order valence-corrected chi connectivity index (χ0v) is 17.2. The second kappa shape index (κ2) is 7.72. The molecule has 3 aromatic rings. The van der Waals surface area contributed by atoms with Crippen molar-refractivity contribution in [3.05, 3.63) is 87.4 Å². The number of nitrogens with one attached hydrogen (secondary N) is 1. The molecule has 0 aromatic heterocycles. The van der Waals surface area contributed by atoms with Gasteiger partial charge in [-0.1, -0.05) is 64.5 Å². The number of ether oxygens (including phenoxy) is 1. The lowest BCUT2D eigenvalue weighted by molar-refractivity contribution is 0.0698. The quantitative estimate of drug-likeness (QED) is 0.524. The second-order valence-corrected chi connectivity index (χ2v) is 7.82. The van der Waals surface area contributed by atoms with Crippen LogP contribution in [0.4, 0.5) is 10.5 Å². The van der Waals surface area contributed by atoms with E-state index in [4.69, 9.17) is 4.74 Å². The summed E-state index contributed by atoms with van der Waals surface area (Å²) >= 11 is 3.28. The van der Waals surface area contributed by atoms with Crippen molar-refractivity contribution in [2.45, 2.75) is 12.8 Å². The number of aryl methyl sites for hydroxylation is 1. The highest BCUT2D eigenvalue weighted by atomic mass is 79.9. The molecule has 0 spiro atoms. The van der Waals surface area contributed by atoms with Gasteiger partial charge >= 0.3 is 12.1 Å². The molecule has 0 saturated carbocycles. The van der Waals surface area contributed by atoms with Gasteiger partial charge in [-0.15, -0.1) is 0 Å². The Kier molecular flexibility index (Phi) is 5.11. The Morgan fingerprint density at radius 1 is 1.03 bits per heavy atom. The first-order chi connectivity index (χ1) is 14.0. The third kappa shape index (κ3) is 3.63. The van der Waals surface area contributed by atoms with E-state index in [0.29, 0.717) is 10.0 Å². The number of fused-ring (bicyclic) bond motifs is 3. The SMILES string of the molecule is Cc1cc(Br)cc(C(=O)O)c1NC(=O)OCC1c2ccccc2-c2ccccc21. The summed E-state index contributed by atoms with van der Waals surface area (Å²) in [7, 11) is 0. The van der Waals surface area contributed by atoms with E-state index in [1.807, 2.05) is 36.4 Å². The molecule has 146 valence electrons. The summed E-state index contributed by atoms with van der Waals surface area (Å²) in [5.41, 5.74) is 5.40. The number of anilines is 1. The molecule has 0 aliphatic heterocycles. The summed E-state index contributed by atoms with van der Waals surface area (Å²) in [4.78, 5) is 24.0. The molecule has 0 atom stereocenters. The van der Waals surface area contributed by atoms with Gasteiger partial charge in [0.25, 0.3) is 0 Å². The monoisotopic (exact) mass is 451 g/mol. The Hall–Kier alpha value is -3.12. The van der Waals surface area contributed by atoms with Crippen LogP contribution in [0, 0.1) is 6.92 Å². The Labute approximate surface area is 176 Å². The van der Waals surface area contributed by atoms with E-state index < -0.39 is 12.1 Å². The molecule has 0 bridgehead atoms. The number of hydrogen-bond acceptors (Lipinski definition) is 3. The molecule has 0 heterocycles. The van der Waals surface area contributed by atoms with Crippen LogP contribution in [0.25, 0.3) is 11.1 Å². The molecular formula is C23H18BrNO4. The van der Waals surface area contributed by atoms with Crippen LogP contribution in [0.1, 0.15) is 33.0 Å². The van der Waals surface area contributed by atoms with Crippen molar-refractivity contribution in [2.24, 2.45) is 0 Å². The number of halogens is 1. The first kappa shape index (κ1) is 19.2. The van der Waals surface area contributed by atoms with Crippen molar-refractivity contribution in [3.63, 3.8) is 0 Å². The van der Waals surface area contributed by atoms with E-state index in [0.717, 1.165) is 22.3 Å². The fourth-order valence-corrected chi connectivity index (χ4v) is 4.39. The first-order valence-electron chi connectivity index (χ1n) is 9.11.